The van der Waals surface area contributed by atoms with Crippen LogP contribution < -0.4 is 5.32 Å². The summed E-state index contributed by atoms with van der Waals surface area (Å²) < 4.78 is 0. The predicted octanol–water partition coefficient (Wildman–Crippen LogP) is 1.32. The average molecular weight is 234 g/mol. The van der Waals surface area contributed by atoms with Gasteiger partial charge >= 0.3 is 0 Å². The zero-order valence-corrected chi connectivity index (χ0v) is 10.3. The number of nitrogens with zero attached hydrogens (tertiary/aromatic N) is 1. The molecule has 4 heteroatoms. The molecule has 1 saturated carbocycles. The molecular formula is C13H18N2O2. The van der Waals surface area contributed by atoms with Gasteiger partial charge < -0.3 is 10.2 Å². The van der Waals surface area contributed by atoms with Crippen molar-refractivity contribution in [2.45, 2.75) is 38.7 Å². The zero-order chi connectivity index (χ0) is 12.5. The molecule has 0 saturated heterocycles. The maximum absolute atomic E-state index is 12.2. The standard InChI is InChI=1S/C13H18N2O2/c1-4-8-14-12(16)13-7-5-6-10(13)11(9(2)3)15-17-13/h1,9-10H,5-8H2,2-3H3,(H,14,16). The van der Waals surface area contributed by atoms with Crippen LogP contribution in [0, 0.1) is 24.2 Å². The number of amides is 1. The smallest absolute Gasteiger partial charge is 0.268 e. The fourth-order valence-electron chi connectivity index (χ4n) is 2.77. The number of hydrogen-bond acceptors (Lipinski definition) is 3. The minimum Gasteiger partial charge on any atom is -0.378 e. The van der Waals surface area contributed by atoms with E-state index in [9.17, 15) is 4.79 Å². The number of carbonyl (C=O) groups excluding carboxylic acids is 1. The van der Waals surface area contributed by atoms with E-state index in [1.54, 1.807) is 0 Å². The first-order valence-corrected chi connectivity index (χ1v) is 6.09. The van der Waals surface area contributed by atoms with Crippen molar-refractivity contribution in [3.63, 3.8) is 0 Å². The van der Waals surface area contributed by atoms with Gasteiger partial charge in [-0.1, -0.05) is 24.9 Å². The van der Waals surface area contributed by atoms with Gasteiger partial charge in [-0.2, -0.15) is 0 Å². The summed E-state index contributed by atoms with van der Waals surface area (Å²) in [6.07, 6.45) is 7.85. The molecule has 17 heavy (non-hydrogen) atoms. The monoisotopic (exact) mass is 234 g/mol. The first-order valence-electron chi connectivity index (χ1n) is 6.09. The Morgan fingerprint density at radius 3 is 3.18 bits per heavy atom. The highest BCUT2D eigenvalue weighted by atomic mass is 16.7. The van der Waals surface area contributed by atoms with Crippen molar-refractivity contribution in [2.24, 2.45) is 17.0 Å². The number of rotatable bonds is 3. The summed E-state index contributed by atoms with van der Waals surface area (Å²) in [5, 5.41) is 6.85. The van der Waals surface area contributed by atoms with E-state index >= 15 is 0 Å². The molecule has 2 rings (SSSR count). The minimum atomic E-state index is -0.781. The molecule has 2 aliphatic rings. The van der Waals surface area contributed by atoms with Crippen LogP contribution in [0.4, 0.5) is 0 Å². The quantitative estimate of drug-likeness (QED) is 0.749. The second kappa shape index (κ2) is 4.40. The Hall–Kier alpha value is -1.50. The molecule has 2 unspecified atom stereocenters. The maximum atomic E-state index is 12.2. The van der Waals surface area contributed by atoms with Crippen molar-refractivity contribution in [1.82, 2.24) is 5.32 Å². The summed E-state index contributed by atoms with van der Waals surface area (Å²) in [5.74, 6) is 2.74. The molecule has 0 radical (unpaired) electrons. The van der Waals surface area contributed by atoms with Gasteiger partial charge in [0.05, 0.1) is 18.2 Å². The molecule has 4 nitrogen and oxygen atoms in total. The Kier molecular flexibility index (Phi) is 3.10. The van der Waals surface area contributed by atoms with E-state index in [-0.39, 0.29) is 18.4 Å². The highest BCUT2D eigenvalue weighted by Crippen LogP contribution is 2.45. The van der Waals surface area contributed by atoms with E-state index in [2.05, 4.69) is 30.2 Å². The predicted molar refractivity (Wildman–Crippen MR) is 65.3 cm³/mol. The number of carbonyl (C=O) groups is 1. The summed E-state index contributed by atoms with van der Waals surface area (Å²) in [4.78, 5) is 17.7. The van der Waals surface area contributed by atoms with Crippen molar-refractivity contribution >= 4 is 11.6 Å². The van der Waals surface area contributed by atoms with Gasteiger partial charge in [0.1, 0.15) is 0 Å². The van der Waals surface area contributed by atoms with E-state index in [1.807, 2.05) is 0 Å². The van der Waals surface area contributed by atoms with Crippen LogP contribution in [0.15, 0.2) is 5.16 Å². The highest BCUT2D eigenvalue weighted by Gasteiger charge is 2.57. The molecular weight excluding hydrogens is 216 g/mol. The Morgan fingerprint density at radius 1 is 1.76 bits per heavy atom. The molecule has 0 aromatic rings. The highest BCUT2D eigenvalue weighted by molar-refractivity contribution is 5.99. The van der Waals surface area contributed by atoms with Gasteiger partial charge in [0, 0.05) is 0 Å². The number of oxime groups is 1. The van der Waals surface area contributed by atoms with Crippen LogP contribution in [0.5, 0.6) is 0 Å². The van der Waals surface area contributed by atoms with Crippen LogP contribution in [0.2, 0.25) is 0 Å². The van der Waals surface area contributed by atoms with Gasteiger partial charge in [0.2, 0.25) is 5.60 Å². The van der Waals surface area contributed by atoms with Crippen LogP contribution in [0.1, 0.15) is 33.1 Å². The van der Waals surface area contributed by atoms with Crippen molar-refractivity contribution in [3.8, 4) is 12.3 Å². The van der Waals surface area contributed by atoms with Gasteiger partial charge in [-0.3, -0.25) is 4.79 Å². The van der Waals surface area contributed by atoms with E-state index in [4.69, 9.17) is 11.3 Å². The van der Waals surface area contributed by atoms with Crippen LogP contribution >= 0.6 is 0 Å². The van der Waals surface area contributed by atoms with Crippen molar-refractivity contribution in [2.75, 3.05) is 6.54 Å². The van der Waals surface area contributed by atoms with Gasteiger partial charge in [-0.15, -0.1) is 6.42 Å². The Labute approximate surface area is 102 Å². The SMILES string of the molecule is C#CCNC(=O)C12CCCC1C(C(C)C)=NO2. The van der Waals surface area contributed by atoms with E-state index in [1.165, 1.54) is 0 Å². The lowest BCUT2D eigenvalue weighted by molar-refractivity contribution is -0.145. The fourth-order valence-corrected chi connectivity index (χ4v) is 2.77. The average Bonchev–Trinajstić information content (AvgIpc) is 2.83. The number of hydrogen-bond donors (Lipinski definition) is 1. The van der Waals surface area contributed by atoms with E-state index < -0.39 is 5.60 Å². The molecule has 2 atom stereocenters. The second-order valence-electron chi connectivity index (χ2n) is 4.98. The fraction of sp³-hybridized carbons (Fsp3) is 0.692. The van der Waals surface area contributed by atoms with Crippen molar-refractivity contribution in [1.29, 1.82) is 0 Å². The normalized spacial score (nSPS) is 30.5. The third-order valence-electron chi connectivity index (χ3n) is 3.60. The molecule has 92 valence electrons. The summed E-state index contributed by atoms with van der Waals surface area (Å²) in [7, 11) is 0. The maximum Gasteiger partial charge on any atom is 0.268 e. The van der Waals surface area contributed by atoms with Crippen LogP contribution in [-0.4, -0.2) is 23.8 Å². The first kappa shape index (κ1) is 12.0. The summed E-state index contributed by atoms with van der Waals surface area (Å²) in [6, 6.07) is 0. The molecule has 1 heterocycles. The van der Waals surface area contributed by atoms with Gasteiger partial charge in [-0.25, -0.2) is 0 Å². The van der Waals surface area contributed by atoms with Crippen molar-refractivity contribution in [3.05, 3.63) is 0 Å². The number of fused-ring (bicyclic) bond motifs is 1. The molecule has 0 aromatic heterocycles. The first-order chi connectivity index (χ1) is 8.12. The van der Waals surface area contributed by atoms with E-state index in [0.717, 1.165) is 25.0 Å². The lowest BCUT2D eigenvalue weighted by Crippen LogP contribution is -2.50. The van der Waals surface area contributed by atoms with Crippen LogP contribution in [0.25, 0.3) is 0 Å². The molecule has 0 bridgehead atoms. The lowest BCUT2D eigenvalue weighted by atomic mass is 9.83. The summed E-state index contributed by atoms with van der Waals surface area (Å²) in [6.45, 7) is 4.40. The molecule has 1 N–H and O–H groups in total. The topological polar surface area (TPSA) is 50.7 Å². The lowest BCUT2D eigenvalue weighted by Gasteiger charge is -2.25. The number of nitrogens with one attached hydrogen (secondary N) is 1. The molecule has 1 aliphatic carbocycles. The van der Waals surface area contributed by atoms with Gasteiger partial charge in [0.25, 0.3) is 5.91 Å². The Morgan fingerprint density at radius 2 is 2.53 bits per heavy atom. The van der Waals surface area contributed by atoms with Gasteiger partial charge in [-0.05, 0) is 25.2 Å². The summed E-state index contributed by atoms with van der Waals surface area (Å²) in [5.41, 5.74) is 0.231. The molecule has 1 aliphatic heterocycles. The molecule has 1 fully saturated rings. The Balaban J connectivity index is 2.17. The third kappa shape index (κ3) is 1.80. The summed E-state index contributed by atoms with van der Waals surface area (Å²) >= 11 is 0. The van der Waals surface area contributed by atoms with Crippen LogP contribution in [0.3, 0.4) is 0 Å². The molecule has 0 aromatic carbocycles. The zero-order valence-electron chi connectivity index (χ0n) is 10.3. The molecule has 0 spiro atoms. The van der Waals surface area contributed by atoms with Crippen LogP contribution in [-0.2, 0) is 9.63 Å². The minimum absolute atomic E-state index is 0.114. The van der Waals surface area contributed by atoms with Gasteiger partial charge in [0.15, 0.2) is 0 Å². The Bertz CT molecular complexity index is 395. The second-order valence-corrected chi connectivity index (χ2v) is 4.98. The number of terminal acetylenes is 1. The third-order valence-corrected chi connectivity index (χ3v) is 3.60. The largest absolute Gasteiger partial charge is 0.378 e. The van der Waals surface area contributed by atoms with Crippen molar-refractivity contribution < 1.29 is 9.63 Å². The van der Waals surface area contributed by atoms with E-state index in [0.29, 0.717) is 5.92 Å². The molecule has 1 amide bonds.